The van der Waals surface area contributed by atoms with E-state index in [0.717, 1.165) is 18.3 Å². The van der Waals surface area contributed by atoms with Crippen molar-refractivity contribution in [1.29, 1.82) is 0 Å². The molecule has 0 unspecified atom stereocenters. The van der Waals surface area contributed by atoms with Gasteiger partial charge in [0.25, 0.3) is 16.0 Å². The molecule has 1 amide bonds. The van der Waals surface area contributed by atoms with Gasteiger partial charge in [0, 0.05) is 47.2 Å². The van der Waals surface area contributed by atoms with Crippen LogP contribution in [0.25, 0.3) is 5.57 Å². The molecule has 0 bridgehead atoms. The van der Waals surface area contributed by atoms with E-state index in [9.17, 15) is 18.0 Å². The van der Waals surface area contributed by atoms with E-state index in [4.69, 9.17) is 18.4 Å². The van der Waals surface area contributed by atoms with Gasteiger partial charge in [0.1, 0.15) is 25.8 Å². The molecule has 1 aliphatic heterocycles. The zero-order valence-corrected chi connectivity index (χ0v) is 26.9. The highest BCUT2D eigenvalue weighted by Crippen LogP contribution is 2.30. The molecule has 38 heavy (non-hydrogen) atoms. The Labute approximate surface area is 229 Å². The largest absolute Gasteiger partial charge is 0.462 e. The molecule has 1 aromatic heterocycles. The summed E-state index contributed by atoms with van der Waals surface area (Å²) in [6.45, 7) is 16.3. The van der Waals surface area contributed by atoms with Gasteiger partial charge in [-0.05, 0) is 31.2 Å². The second-order valence-electron chi connectivity index (χ2n) is 11.9. The fourth-order valence-electron chi connectivity index (χ4n) is 3.62. The minimum atomic E-state index is -3.75. The number of esters is 1. The highest BCUT2D eigenvalue weighted by molar-refractivity contribution is 7.85. The van der Waals surface area contributed by atoms with Crippen LogP contribution in [-0.4, -0.2) is 85.3 Å². The van der Waals surface area contributed by atoms with E-state index in [2.05, 4.69) is 39.3 Å². The molecule has 0 radical (unpaired) electrons. The van der Waals surface area contributed by atoms with Crippen molar-refractivity contribution in [3.05, 3.63) is 29.1 Å². The van der Waals surface area contributed by atoms with Crippen molar-refractivity contribution in [3.63, 3.8) is 0 Å². The van der Waals surface area contributed by atoms with Crippen LogP contribution in [0.15, 0.2) is 12.1 Å². The standard InChI is InChI=1S/C25H44N2O8SSi2/c1-9-34-25(29)21-10-11-26(18-32-12-14-37(3,4)5)24(28)23-22(21)16-20(17-35-36(2,30)31)27(23)19-33-13-15-38(6,7)8/h10,16H,9,11-15,17-19H2,1-8H3. The third-order valence-corrected chi connectivity index (χ3v) is 9.81. The van der Waals surface area contributed by atoms with Crippen LogP contribution in [0.1, 0.15) is 28.7 Å². The van der Waals surface area contributed by atoms with Crippen molar-refractivity contribution >= 4 is 43.7 Å². The number of hydrogen-bond acceptors (Lipinski definition) is 8. The van der Waals surface area contributed by atoms with Gasteiger partial charge in [0.15, 0.2) is 0 Å². The van der Waals surface area contributed by atoms with Gasteiger partial charge < -0.3 is 23.7 Å². The summed E-state index contributed by atoms with van der Waals surface area (Å²) >= 11 is 0. The molecular formula is C25H44N2O8SSi2. The van der Waals surface area contributed by atoms with Crippen molar-refractivity contribution in [2.75, 3.05) is 39.4 Å². The zero-order chi connectivity index (χ0) is 28.7. The Morgan fingerprint density at radius 1 is 1.00 bits per heavy atom. The van der Waals surface area contributed by atoms with E-state index in [1.165, 1.54) is 4.90 Å². The van der Waals surface area contributed by atoms with Crippen molar-refractivity contribution in [2.45, 2.75) is 71.6 Å². The summed E-state index contributed by atoms with van der Waals surface area (Å²) < 4.78 is 47.2. The lowest BCUT2D eigenvalue weighted by atomic mass is 10.1. The SMILES string of the molecule is CCOC(=O)C1=CCN(COCC[Si](C)(C)C)C(=O)c2c1cc(COS(C)(=O)=O)n2COCC[Si](C)(C)C. The van der Waals surface area contributed by atoms with Gasteiger partial charge in [-0.25, -0.2) is 4.79 Å². The molecule has 216 valence electrons. The Bertz CT molecular complexity index is 1120. The number of ether oxygens (including phenoxy) is 3. The molecule has 10 nitrogen and oxygen atoms in total. The second kappa shape index (κ2) is 13.5. The average molecular weight is 589 g/mol. The maximum atomic E-state index is 13.8. The fourth-order valence-corrected chi connectivity index (χ4v) is 5.47. The number of amides is 1. The Hall–Kier alpha value is -1.78. The number of hydrogen-bond donors (Lipinski definition) is 0. The van der Waals surface area contributed by atoms with Gasteiger partial charge in [-0.1, -0.05) is 39.3 Å². The molecule has 0 spiro atoms. The molecule has 0 aliphatic carbocycles. The Balaban J connectivity index is 2.47. The number of fused-ring (bicyclic) bond motifs is 1. The van der Waals surface area contributed by atoms with Crippen LogP contribution in [0.4, 0.5) is 0 Å². The number of rotatable bonds is 15. The summed E-state index contributed by atoms with van der Waals surface area (Å²) in [5, 5.41) is 0. The van der Waals surface area contributed by atoms with E-state index < -0.39 is 32.2 Å². The third kappa shape index (κ3) is 10.4. The van der Waals surface area contributed by atoms with E-state index in [1.54, 1.807) is 23.6 Å². The molecule has 0 aromatic carbocycles. The highest BCUT2D eigenvalue weighted by Gasteiger charge is 2.33. The van der Waals surface area contributed by atoms with E-state index in [1.807, 2.05) is 0 Å². The van der Waals surface area contributed by atoms with Gasteiger partial charge in [-0.3, -0.25) is 8.98 Å². The first kappa shape index (κ1) is 32.4. The molecule has 2 rings (SSSR count). The van der Waals surface area contributed by atoms with Crippen LogP contribution in [0, 0.1) is 0 Å². The van der Waals surface area contributed by atoms with Gasteiger partial charge in [0.2, 0.25) is 0 Å². The monoisotopic (exact) mass is 588 g/mol. The van der Waals surface area contributed by atoms with Crippen LogP contribution in [0.3, 0.4) is 0 Å². The molecule has 13 heteroatoms. The predicted octanol–water partition coefficient (Wildman–Crippen LogP) is 3.99. The van der Waals surface area contributed by atoms with Crippen molar-refractivity contribution in [1.82, 2.24) is 9.47 Å². The van der Waals surface area contributed by atoms with Crippen LogP contribution in [0.2, 0.25) is 51.4 Å². The minimum absolute atomic E-state index is 0.00837. The summed E-state index contributed by atoms with van der Waals surface area (Å²) in [5.41, 5.74) is 1.22. The molecule has 0 atom stereocenters. The van der Waals surface area contributed by atoms with Crippen LogP contribution >= 0.6 is 0 Å². The summed E-state index contributed by atoms with van der Waals surface area (Å²) in [7, 11) is -6.42. The Morgan fingerprint density at radius 3 is 2.11 bits per heavy atom. The molecule has 1 aromatic rings. The molecule has 0 saturated carbocycles. The lowest BCUT2D eigenvalue weighted by Gasteiger charge is -2.23. The molecule has 0 fully saturated rings. The first-order valence-electron chi connectivity index (χ1n) is 12.9. The van der Waals surface area contributed by atoms with Crippen molar-refractivity contribution in [2.24, 2.45) is 0 Å². The first-order chi connectivity index (χ1) is 17.5. The summed E-state index contributed by atoms with van der Waals surface area (Å²) in [6, 6.07) is 3.49. The molecule has 0 N–H and O–H groups in total. The number of aromatic nitrogens is 1. The molecule has 0 saturated heterocycles. The topological polar surface area (TPSA) is 113 Å². The lowest BCUT2D eigenvalue weighted by Crippen LogP contribution is -2.35. The highest BCUT2D eigenvalue weighted by atomic mass is 32.2. The van der Waals surface area contributed by atoms with Gasteiger partial charge >= 0.3 is 5.97 Å². The first-order valence-corrected chi connectivity index (χ1v) is 22.1. The average Bonchev–Trinajstić information content (AvgIpc) is 3.06. The second-order valence-corrected chi connectivity index (χ2v) is 24.7. The number of carbonyl (C=O) groups is 2. The van der Waals surface area contributed by atoms with Crippen LogP contribution in [-0.2, 0) is 46.6 Å². The normalized spacial score (nSPS) is 14.8. The van der Waals surface area contributed by atoms with Crippen LogP contribution < -0.4 is 0 Å². The Kier molecular flexibility index (Phi) is 11.5. The van der Waals surface area contributed by atoms with Gasteiger partial charge in [-0.15, -0.1) is 0 Å². The van der Waals surface area contributed by atoms with Crippen molar-refractivity contribution in [3.8, 4) is 0 Å². The lowest BCUT2D eigenvalue weighted by molar-refractivity contribution is -0.136. The van der Waals surface area contributed by atoms with E-state index in [-0.39, 0.29) is 50.4 Å². The summed E-state index contributed by atoms with van der Waals surface area (Å²) in [6.07, 6.45) is 2.62. The van der Waals surface area contributed by atoms with Crippen molar-refractivity contribution < 1.29 is 36.4 Å². The summed E-state index contributed by atoms with van der Waals surface area (Å²) in [5.74, 6) is -0.904. The maximum absolute atomic E-state index is 13.8. The molecule has 1 aliphatic rings. The minimum Gasteiger partial charge on any atom is -0.462 e. The van der Waals surface area contributed by atoms with Gasteiger partial charge in [0.05, 0.1) is 18.4 Å². The fraction of sp³-hybridized carbons (Fsp3) is 0.680. The Morgan fingerprint density at radius 2 is 1.58 bits per heavy atom. The molecule has 2 heterocycles. The predicted molar refractivity (Wildman–Crippen MR) is 153 cm³/mol. The third-order valence-electron chi connectivity index (χ3n) is 5.85. The number of carbonyl (C=O) groups excluding carboxylic acids is 2. The van der Waals surface area contributed by atoms with E-state index >= 15 is 0 Å². The zero-order valence-electron chi connectivity index (χ0n) is 24.1. The maximum Gasteiger partial charge on any atom is 0.338 e. The van der Waals surface area contributed by atoms with Gasteiger partial charge in [-0.2, -0.15) is 8.42 Å². The quantitative estimate of drug-likeness (QED) is 0.131. The molecular weight excluding hydrogens is 545 g/mol. The number of nitrogens with zero attached hydrogens (tertiary/aromatic N) is 2. The summed E-state index contributed by atoms with van der Waals surface area (Å²) in [4.78, 5) is 28.2. The van der Waals surface area contributed by atoms with E-state index in [0.29, 0.717) is 24.5 Å². The smallest absolute Gasteiger partial charge is 0.338 e. The van der Waals surface area contributed by atoms with Crippen LogP contribution in [0.5, 0.6) is 0 Å².